The van der Waals surface area contributed by atoms with Crippen molar-refractivity contribution in [2.45, 2.75) is 45.4 Å². The number of benzene rings is 2. The number of aromatic nitrogens is 2. The average Bonchev–Trinajstić information content (AvgIpc) is 2.80. The molecule has 5 nitrogen and oxygen atoms in total. The van der Waals surface area contributed by atoms with Gasteiger partial charge >= 0.3 is 5.97 Å². The number of nitrogens with zero attached hydrogens (tertiary/aromatic N) is 2. The normalized spacial score (nSPS) is 10.6. The molecule has 2 aromatic carbocycles. The first-order valence-electron chi connectivity index (χ1n) is 10.5. The standard InChI is InChI=1S/C25H28N2O3/c1-3-4-5-6-7-8-19-9-11-20(12-10-19)23-17-27-24(18-26-23)30-25(28)21-13-15-22(29-2)16-14-21/h9-18H,3-8H2,1-2H3. The molecule has 5 heteroatoms. The van der Waals surface area contributed by atoms with Crippen LogP contribution < -0.4 is 9.47 Å². The van der Waals surface area contributed by atoms with Crippen molar-refractivity contribution in [2.24, 2.45) is 0 Å². The van der Waals surface area contributed by atoms with Gasteiger partial charge in [-0.3, -0.25) is 0 Å². The zero-order valence-corrected chi connectivity index (χ0v) is 17.6. The average molecular weight is 405 g/mol. The van der Waals surface area contributed by atoms with Crippen molar-refractivity contribution in [3.8, 4) is 22.9 Å². The van der Waals surface area contributed by atoms with Crippen LogP contribution in [-0.2, 0) is 6.42 Å². The third-order valence-corrected chi connectivity index (χ3v) is 4.97. The molecule has 0 spiro atoms. The quantitative estimate of drug-likeness (QED) is 0.312. The summed E-state index contributed by atoms with van der Waals surface area (Å²) in [6.07, 6.45) is 10.6. The Bertz CT molecular complexity index is 920. The minimum absolute atomic E-state index is 0.170. The Kier molecular flexibility index (Phi) is 7.95. The first kappa shape index (κ1) is 21.5. The number of rotatable bonds is 10. The van der Waals surface area contributed by atoms with Gasteiger partial charge in [0.1, 0.15) is 5.75 Å². The Morgan fingerprint density at radius 1 is 0.867 bits per heavy atom. The van der Waals surface area contributed by atoms with E-state index in [2.05, 4.69) is 41.2 Å². The molecule has 1 aromatic heterocycles. The van der Waals surface area contributed by atoms with E-state index in [1.54, 1.807) is 37.6 Å². The molecular weight excluding hydrogens is 376 g/mol. The minimum Gasteiger partial charge on any atom is -0.497 e. The van der Waals surface area contributed by atoms with Crippen LogP contribution in [0.3, 0.4) is 0 Å². The first-order valence-corrected chi connectivity index (χ1v) is 10.5. The van der Waals surface area contributed by atoms with Crippen LogP contribution in [0.1, 0.15) is 54.9 Å². The van der Waals surface area contributed by atoms with E-state index in [-0.39, 0.29) is 5.88 Å². The molecule has 0 fully saturated rings. The summed E-state index contributed by atoms with van der Waals surface area (Å²) in [7, 11) is 1.58. The molecule has 3 aromatic rings. The van der Waals surface area contributed by atoms with E-state index < -0.39 is 5.97 Å². The van der Waals surface area contributed by atoms with E-state index in [1.165, 1.54) is 43.9 Å². The highest BCUT2D eigenvalue weighted by Crippen LogP contribution is 2.20. The van der Waals surface area contributed by atoms with Gasteiger partial charge in [-0.15, -0.1) is 0 Å². The van der Waals surface area contributed by atoms with Gasteiger partial charge < -0.3 is 9.47 Å². The van der Waals surface area contributed by atoms with E-state index in [0.717, 1.165) is 17.7 Å². The van der Waals surface area contributed by atoms with Crippen molar-refractivity contribution in [2.75, 3.05) is 7.11 Å². The largest absolute Gasteiger partial charge is 0.497 e. The Hall–Kier alpha value is -3.21. The van der Waals surface area contributed by atoms with Gasteiger partial charge in [0.15, 0.2) is 0 Å². The molecule has 1 heterocycles. The molecule has 0 saturated carbocycles. The van der Waals surface area contributed by atoms with Crippen LogP contribution in [0.25, 0.3) is 11.3 Å². The van der Waals surface area contributed by atoms with Gasteiger partial charge in [0, 0.05) is 5.56 Å². The Morgan fingerprint density at radius 2 is 1.60 bits per heavy atom. The van der Waals surface area contributed by atoms with Crippen LogP contribution in [0, 0.1) is 0 Å². The second kappa shape index (κ2) is 11.1. The number of methoxy groups -OCH3 is 1. The van der Waals surface area contributed by atoms with Crippen LogP contribution in [0.15, 0.2) is 60.9 Å². The summed E-state index contributed by atoms with van der Waals surface area (Å²) in [6, 6.07) is 15.1. The molecule has 0 aliphatic carbocycles. The summed E-state index contributed by atoms with van der Waals surface area (Å²) in [5, 5.41) is 0. The van der Waals surface area contributed by atoms with Gasteiger partial charge in [-0.2, -0.15) is 0 Å². The van der Waals surface area contributed by atoms with E-state index in [4.69, 9.17) is 9.47 Å². The molecule has 156 valence electrons. The maximum atomic E-state index is 12.2. The summed E-state index contributed by atoms with van der Waals surface area (Å²) in [5.41, 5.74) is 3.50. The summed E-state index contributed by atoms with van der Waals surface area (Å²) in [6.45, 7) is 2.24. The van der Waals surface area contributed by atoms with Crippen molar-refractivity contribution >= 4 is 5.97 Å². The van der Waals surface area contributed by atoms with Gasteiger partial charge in [-0.1, -0.05) is 56.9 Å². The first-order chi connectivity index (χ1) is 14.7. The van der Waals surface area contributed by atoms with E-state index in [9.17, 15) is 4.79 Å². The number of hydrogen-bond acceptors (Lipinski definition) is 5. The van der Waals surface area contributed by atoms with Crippen molar-refractivity contribution < 1.29 is 14.3 Å². The molecule has 0 saturated heterocycles. The number of esters is 1. The fourth-order valence-electron chi connectivity index (χ4n) is 3.17. The van der Waals surface area contributed by atoms with Crippen LogP contribution in [0.4, 0.5) is 0 Å². The predicted octanol–water partition coefficient (Wildman–Crippen LogP) is 5.88. The zero-order chi connectivity index (χ0) is 21.2. The molecule has 0 aliphatic heterocycles. The highest BCUT2D eigenvalue weighted by Gasteiger charge is 2.10. The van der Waals surface area contributed by atoms with Crippen molar-refractivity contribution in [1.82, 2.24) is 9.97 Å². The summed E-state index contributed by atoms with van der Waals surface area (Å²) in [4.78, 5) is 20.8. The maximum Gasteiger partial charge on any atom is 0.344 e. The molecule has 0 bridgehead atoms. The van der Waals surface area contributed by atoms with E-state index in [0.29, 0.717) is 11.3 Å². The minimum atomic E-state index is -0.483. The third kappa shape index (κ3) is 6.14. The fraction of sp³-hybridized carbons (Fsp3) is 0.320. The monoisotopic (exact) mass is 404 g/mol. The van der Waals surface area contributed by atoms with Gasteiger partial charge in [0.05, 0.1) is 30.8 Å². The SMILES string of the molecule is CCCCCCCc1ccc(-c2cnc(OC(=O)c3ccc(OC)cc3)cn2)cc1. The number of ether oxygens (including phenoxy) is 2. The molecule has 3 rings (SSSR count). The number of carbonyl (C=O) groups excluding carboxylic acids is 1. The Balaban J connectivity index is 1.55. The lowest BCUT2D eigenvalue weighted by atomic mass is 10.0. The van der Waals surface area contributed by atoms with Crippen molar-refractivity contribution in [3.05, 3.63) is 72.1 Å². The number of hydrogen-bond donors (Lipinski definition) is 0. The molecule has 0 radical (unpaired) electrons. The van der Waals surface area contributed by atoms with E-state index in [1.807, 2.05) is 0 Å². The second-order valence-corrected chi connectivity index (χ2v) is 7.22. The second-order valence-electron chi connectivity index (χ2n) is 7.22. The lowest BCUT2D eigenvalue weighted by molar-refractivity contribution is 0.0727. The predicted molar refractivity (Wildman–Crippen MR) is 118 cm³/mol. The Morgan fingerprint density at radius 3 is 2.23 bits per heavy atom. The smallest absolute Gasteiger partial charge is 0.344 e. The van der Waals surface area contributed by atoms with Crippen LogP contribution in [0.5, 0.6) is 11.6 Å². The Labute approximate surface area is 178 Å². The van der Waals surface area contributed by atoms with Crippen molar-refractivity contribution in [1.29, 1.82) is 0 Å². The molecular formula is C25H28N2O3. The fourth-order valence-corrected chi connectivity index (χ4v) is 3.17. The maximum absolute atomic E-state index is 12.2. The van der Waals surface area contributed by atoms with Crippen LogP contribution in [-0.4, -0.2) is 23.0 Å². The highest BCUT2D eigenvalue weighted by atomic mass is 16.5. The van der Waals surface area contributed by atoms with Crippen LogP contribution >= 0.6 is 0 Å². The molecule has 0 atom stereocenters. The van der Waals surface area contributed by atoms with Gasteiger partial charge in [-0.05, 0) is 42.7 Å². The summed E-state index contributed by atoms with van der Waals surface area (Å²) in [5.74, 6) is 0.365. The molecule has 0 unspecified atom stereocenters. The lowest BCUT2D eigenvalue weighted by Gasteiger charge is -2.06. The highest BCUT2D eigenvalue weighted by molar-refractivity contribution is 5.90. The topological polar surface area (TPSA) is 61.3 Å². The molecule has 0 N–H and O–H groups in total. The molecule has 0 aliphatic rings. The molecule has 0 amide bonds. The van der Waals surface area contributed by atoms with Gasteiger partial charge in [0.2, 0.25) is 5.88 Å². The number of unbranched alkanes of at least 4 members (excludes halogenated alkanes) is 4. The van der Waals surface area contributed by atoms with Gasteiger partial charge in [0.25, 0.3) is 0 Å². The van der Waals surface area contributed by atoms with E-state index >= 15 is 0 Å². The summed E-state index contributed by atoms with van der Waals surface area (Å²) < 4.78 is 10.4. The summed E-state index contributed by atoms with van der Waals surface area (Å²) >= 11 is 0. The van der Waals surface area contributed by atoms with Crippen molar-refractivity contribution in [3.63, 3.8) is 0 Å². The van der Waals surface area contributed by atoms with Crippen LogP contribution in [0.2, 0.25) is 0 Å². The number of aryl methyl sites for hydroxylation is 1. The zero-order valence-electron chi connectivity index (χ0n) is 17.6. The lowest BCUT2D eigenvalue weighted by Crippen LogP contribution is -2.09. The molecule has 30 heavy (non-hydrogen) atoms. The third-order valence-electron chi connectivity index (χ3n) is 4.97. The number of carbonyl (C=O) groups is 1. The van der Waals surface area contributed by atoms with Gasteiger partial charge in [-0.25, -0.2) is 14.8 Å².